The Hall–Kier alpha value is -3.94. The van der Waals surface area contributed by atoms with Crippen LogP contribution in [0.2, 0.25) is 0 Å². The summed E-state index contributed by atoms with van der Waals surface area (Å²) < 4.78 is 0. The molecule has 0 radical (unpaired) electrons. The van der Waals surface area contributed by atoms with Crippen molar-refractivity contribution in [1.29, 1.82) is 0 Å². The van der Waals surface area contributed by atoms with Crippen LogP contribution in [-0.4, -0.2) is 42.1 Å². The van der Waals surface area contributed by atoms with Gasteiger partial charge in [0.25, 0.3) is 0 Å². The Morgan fingerprint density at radius 3 is 0.762 bits per heavy atom. The van der Waals surface area contributed by atoms with Gasteiger partial charge in [0.05, 0.1) is 34.2 Å². The van der Waals surface area contributed by atoms with Crippen molar-refractivity contribution in [2.45, 2.75) is 107 Å². The van der Waals surface area contributed by atoms with Crippen LogP contribution >= 0.6 is 0 Å². The Balaban J connectivity index is 2.05. The zero-order valence-corrected chi connectivity index (χ0v) is 26.4. The molecule has 0 aliphatic rings. The fourth-order valence-corrected chi connectivity index (χ4v) is 7.08. The molecule has 4 aromatic heterocycles. The van der Waals surface area contributed by atoms with E-state index in [1.54, 1.807) is 0 Å². The molecule has 0 amide bonds. The van der Waals surface area contributed by atoms with Crippen LogP contribution in [0.1, 0.15) is 121 Å². The third kappa shape index (κ3) is 4.80. The summed E-state index contributed by atoms with van der Waals surface area (Å²) in [6.45, 7) is 16.8. The maximum atomic E-state index is 12.1. The van der Waals surface area contributed by atoms with E-state index in [2.05, 4.69) is 61.5 Å². The second kappa shape index (κ2) is 12.5. The first kappa shape index (κ1) is 31.0. The fourth-order valence-electron chi connectivity index (χ4n) is 7.08. The van der Waals surface area contributed by atoms with Gasteiger partial charge in [-0.25, -0.2) is 9.59 Å². The van der Waals surface area contributed by atoms with Crippen molar-refractivity contribution in [2.24, 2.45) is 0 Å². The zero-order chi connectivity index (χ0) is 30.9. The van der Waals surface area contributed by atoms with Crippen molar-refractivity contribution in [3.63, 3.8) is 0 Å². The van der Waals surface area contributed by atoms with Gasteiger partial charge in [-0.1, -0.05) is 55.4 Å². The number of aromatic nitrogens is 4. The highest BCUT2D eigenvalue weighted by molar-refractivity contribution is 5.92. The number of carboxylic acid groups (broad SMARTS) is 2. The molecule has 42 heavy (non-hydrogen) atoms. The van der Waals surface area contributed by atoms with Crippen LogP contribution in [0.15, 0.2) is 0 Å². The van der Waals surface area contributed by atoms with Gasteiger partial charge in [-0.15, -0.1) is 0 Å². The van der Waals surface area contributed by atoms with Gasteiger partial charge in [0.1, 0.15) is 11.4 Å². The van der Waals surface area contributed by atoms with Crippen LogP contribution in [-0.2, 0) is 51.4 Å². The smallest absolute Gasteiger partial charge is 0.352 e. The number of aromatic amines is 4. The summed E-state index contributed by atoms with van der Waals surface area (Å²) >= 11 is 0. The molecule has 0 spiro atoms. The van der Waals surface area contributed by atoms with Gasteiger partial charge in [0.2, 0.25) is 0 Å². The molecule has 8 nitrogen and oxygen atoms in total. The monoisotopic (exact) mass is 574 g/mol. The molecule has 0 bridgehead atoms. The normalized spacial score (nSPS) is 11.5. The molecule has 4 heterocycles. The SMILES string of the molecule is CCc1c(C(=O)O)[nH]c(-c2[nH]c(-c3[nH]c(-c4[nH]c(C(=O)O)c(CC)c4CC)c(CC)c3CC)c(CC)c2CC)c1CC. The number of nitrogens with one attached hydrogen (secondary N) is 4. The molecule has 4 rings (SSSR count). The van der Waals surface area contributed by atoms with Crippen LogP contribution in [0.3, 0.4) is 0 Å². The third-order valence-electron chi connectivity index (χ3n) is 8.88. The van der Waals surface area contributed by atoms with Gasteiger partial charge in [0.15, 0.2) is 0 Å². The van der Waals surface area contributed by atoms with Gasteiger partial charge in [-0.3, -0.25) is 0 Å². The van der Waals surface area contributed by atoms with E-state index in [1.165, 1.54) is 22.3 Å². The van der Waals surface area contributed by atoms with Crippen LogP contribution in [0.5, 0.6) is 0 Å². The summed E-state index contributed by atoms with van der Waals surface area (Å²) in [5.41, 5.74) is 14.8. The van der Waals surface area contributed by atoms with Crippen molar-refractivity contribution in [3.05, 3.63) is 55.9 Å². The minimum absolute atomic E-state index is 0.269. The number of rotatable bonds is 13. The standard InChI is InChI=1S/C34H46N4O4/c1-9-17-19(11-3)27(29-21(13-5)23(15-7)31(37-29)33(39)40)35-25(17)26-18(10-2)20(12-4)28(36-26)30-22(14-6)24(16-8)32(38-30)34(41)42/h35-38H,9-16H2,1-8H3,(H,39,40)(H,41,42). The largest absolute Gasteiger partial charge is 0.477 e. The topological polar surface area (TPSA) is 138 Å². The second-order valence-electron chi connectivity index (χ2n) is 10.8. The van der Waals surface area contributed by atoms with E-state index in [9.17, 15) is 19.8 Å². The highest BCUT2D eigenvalue weighted by Crippen LogP contribution is 2.42. The van der Waals surface area contributed by atoms with Crippen LogP contribution < -0.4 is 0 Å². The lowest BCUT2D eigenvalue weighted by molar-refractivity contribution is 0.0679. The number of carboxylic acids is 2. The van der Waals surface area contributed by atoms with Gasteiger partial charge in [-0.2, -0.15) is 0 Å². The molecule has 0 fully saturated rings. The lowest BCUT2D eigenvalue weighted by atomic mass is 9.95. The van der Waals surface area contributed by atoms with Gasteiger partial charge >= 0.3 is 11.9 Å². The summed E-state index contributed by atoms with van der Waals surface area (Å²) in [5.74, 6) is -1.87. The molecule has 0 atom stereocenters. The number of H-pyrrole nitrogens is 4. The first-order valence-electron chi connectivity index (χ1n) is 15.6. The van der Waals surface area contributed by atoms with E-state index in [4.69, 9.17) is 0 Å². The average Bonchev–Trinajstić information content (AvgIpc) is 3.74. The minimum Gasteiger partial charge on any atom is -0.477 e. The lowest BCUT2D eigenvalue weighted by Gasteiger charge is -2.07. The maximum Gasteiger partial charge on any atom is 0.352 e. The van der Waals surface area contributed by atoms with Crippen molar-refractivity contribution in [2.75, 3.05) is 0 Å². The molecule has 0 unspecified atom stereocenters. The van der Waals surface area contributed by atoms with E-state index in [0.29, 0.717) is 12.8 Å². The van der Waals surface area contributed by atoms with Crippen LogP contribution in [0.25, 0.3) is 34.2 Å². The number of hydrogen-bond donors (Lipinski definition) is 6. The molecule has 226 valence electrons. The van der Waals surface area contributed by atoms with E-state index in [1.807, 2.05) is 13.8 Å². The van der Waals surface area contributed by atoms with Crippen molar-refractivity contribution in [1.82, 2.24) is 19.9 Å². The Bertz CT molecular complexity index is 1500. The molecule has 6 N–H and O–H groups in total. The van der Waals surface area contributed by atoms with Gasteiger partial charge < -0.3 is 30.1 Å². The minimum atomic E-state index is -0.937. The molecule has 0 aliphatic heterocycles. The van der Waals surface area contributed by atoms with Gasteiger partial charge in [-0.05, 0) is 95.9 Å². The summed E-state index contributed by atoms with van der Waals surface area (Å²) in [7, 11) is 0. The lowest BCUT2D eigenvalue weighted by Crippen LogP contribution is -2.01. The molecule has 0 aliphatic carbocycles. The van der Waals surface area contributed by atoms with Crippen molar-refractivity contribution >= 4 is 11.9 Å². The Morgan fingerprint density at radius 1 is 0.381 bits per heavy atom. The predicted molar refractivity (Wildman–Crippen MR) is 169 cm³/mol. The summed E-state index contributed by atoms with van der Waals surface area (Å²) in [6, 6.07) is 0. The fraction of sp³-hybridized carbons (Fsp3) is 0.471. The number of aromatic carboxylic acids is 2. The molecule has 0 saturated carbocycles. The highest BCUT2D eigenvalue weighted by Gasteiger charge is 2.29. The quantitative estimate of drug-likeness (QED) is 0.0966. The zero-order valence-electron chi connectivity index (χ0n) is 26.4. The Labute approximate surface area is 248 Å². The van der Waals surface area contributed by atoms with Crippen LogP contribution in [0.4, 0.5) is 0 Å². The molecule has 0 aromatic carbocycles. The molecule has 8 heteroatoms. The number of carbonyl (C=O) groups is 2. The number of hydrogen-bond acceptors (Lipinski definition) is 2. The highest BCUT2D eigenvalue weighted by atomic mass is 16.4. The van der Waals surface area contributed by atoms with Gasteiger partial charge in [0, 0.05) is 0 Å². The second-order valence-corrected chi connectivity index (χ2v) is 10.8. The summed E-state index contributed by atoms with van der Waals surface area (Å²) in [5, 5.41) is 19.9. The van der Waals surface area contributed by atoms with E-state index < -0.39 is 11.9 Å². The molecular weight excluding hydrogens is 528 g/mol. The van der Waals surface area contributed by atoms with E-state index in [-0.39, 0.29) is 11.4 Å². The predicted octanol–water partition coefficient (Wildman–Crippen LogP) is 7.90. The summed E-state index contributed by atoms with van der Waals surface area (Å²) in [4.78, 5) is 38.4. The molecule has 0 saturated heterocycles. The van der Waals surface area contributed by atoms with Crippen LogP contribution in [0, 0.1) is 0 Å². The molecular formula is C34H46N4O4. The van der Waals surface area contributed by atoms with E-state index in [0.717, 1.165) is 94.9 Å². The van der Waals surface area contributed by atoms with Crippen molar-refractivity contribution in [3.8, 4) is 34.2 Å². The maximum absolute atomic E-state index is 12.1. The Morgan fingerprint density at radius 2 is 0.571 bits per heavy atom. The first-order chi connectivity index (χ1) is 20.2. The third-order valence-corrected chi connectivity index (χ3v) is 8.88. The van der Waals surface area contributed by atoms with E-state index >= 15 is 0 Å². The first-order valence-corrected chi connectivity index (χ1v) is 15.6. The molecule has 4 aromatic rings. The Kier molecular flexibility index (Phi) is 9.24. The summed E-state index contributed by atoms with van der Waals surface area (Å²) in [6.07, 6.45) is 5.97. The van der Waals surface area contributed by atoms with Crippen molar-refractivity contribution < 1.29 is 19.8 Å². The average molecular weight is 575 g/mol.